The molecule has 0 saturated heterocycles. The van der Waals surface area contributed by atoms with Crippen LogP contribution in [0, 0.1) is 0 Å². The third kappa shape index (κ3) is 6.38. The largest absolute Gasteiger partial charge is 0.313 e. The van der Waals surface area contributed by atoms with Gasteiger partial charge in [-0.2, -0.15) is 11.8 Å². The molecule has 1 aromatic carbocycles. The maximum atomic E-state index is 12.4. The average Bonchev–Trinajstić information content (AvgIpc) is 2.47. The van der Waals surface area contributed by atoms with Crippen molar-refractivity contribution in [3.05, 3.63) is 29.8 Å². The van der Waals surface area contributed by atoms with Crippen molar-refractivity contribution in [1.29, 1.82) is 0 Å². The number of thioether (sulfide) groups is 1. The maximum Gasteiger partial charge on any atom is 0.240 e. The van der Waals surface area contributed by atoms with Crippen molar-refractivity contribution < 1.29 is 8.42 Å². The van der Waals surface area contributed by atoms with Gasteiger partial charge < -0.3 is 5.32 Å². The van der Waals surface area contributed by atoms with E-state index in [0.717, 1.165) is 30.7 Å². The Kier molecular flexibility index (Phi) is 8.33. The second-order valence-corrected chi connectivity index (χ2v) is 7.63. The third-order valence-corrected chi connectivity index (χ3v) is 5.40. The highest BCUT2D eigenvalue weighted by atomic mass is 32.2. The van der Waals surface area contributed by atoms with E-state index in [-0.39, 0.29) is 6.04 Å². The van der Waals surface area contributed by atoms with Crippen LogP contribution >= 0.6 is 11.8 Å². The summed E-state index contributed by atoms with van der Waals surface area (Å²) in [6.45, 7) is 5.73. The van der Waals surface area contributed by atoms with Gasteiger partial charge in [-0.25, -0.2) is 13.1 Å². The molecule has 0 aromatic heterocycles. The van der Waals surface area contributed by atoms with Crippen LogP contribution in [0.5, 0.6) is 0 Å². The van der Waals surface area contributed by atoms with Gasteiger partial charge in [-0.05, 0) is 43.3 Å². The fraction of sp³-hybridized carbons (Fsp3) is 0.600. The molecule has 1 rings (SSSR count). The molecule has 0 fully saturated rings. The van der Waals surface area contributed by atoms with Gasteiger partial charge in [0.1, 0.15) is 0 Å². The smallest absolute Gasteiger partial charge is 0.240 e. The average molecular weight is 331 g/mol. The second kappa shape index (κ2) is 9.46. The number of hydrogen-bond donors (Lipinski definition) is 2. The normalized spacial score (nSPS) is 13.3. The minimum atomic E-state index is -3.44. The molecular weight excluding hydrogens is 304 g/mol. The summed E-state index contributed by atoms with van der Waals surface area (Å²) in [6.07, 6.45) is 3.83. The standard InChI is InChI=1S/C15H26N2O2S2/c1-4-9-16-11-13-7-6-8-15(10-13)21(18,19)17-14(5-2)12-20-3/h6-8,10,14,16-17H,4-5,9,11-12H2,1-3H3. The zero-order valence-electron chi connectivity index (χ0n) is 13.1. The van der Waals surface area contributed by atoms with Crippen molar-refractivity contribution in [2.45, 2.75) is 44.2 Å². The lowest BCUT2D eigenvalue weighted by molar-refractivity contribution is 0.558. The fourth-order valence-electron chi connectivity index (χ4n) is 1.96. The van der Waals surface area contributed by atoms with Crippen molar-refractivity contribution in [1.82, 2.24) is 10.0 Å². The second-order valence-electron chi connectivity index (χ2n) is 5.01. The molecule has 0 radical (unpaired) electrons. The molecular formula is C15H26N2O2S2. The molecule has 0 saturated carbocycles. The van der Waals surface area contributed by atoms with Crippen LogP contribution in [-0.2, 0) is 16.6 Å². The lowest BCUT2D eigenvalue weighted by atomic mass is 10.2. The lowest BCUT2D eigenvalue weighted by Crippen LogP contribution is -2.36. The van der Waals surface area contributed by atoms with E-state index in [0.29, 0.717) is 11.4 Å². The van der Waals surface area contributed by atoms with Crippen LogP contribution in [0.15, 0.2) is 29.2 Å². The number of benzene rings is 1. The van der Waals surface area contributed by atoms with Gasteiger partial charge in [0.25, 0.3) is 0 Å². The van der Waals surface area contributed by atoms with Gasteiger partial charge in [0.05, 0.1) is 4.90 Å². The Hall–Kier alpha value is -0.560. The first-order chi connectivity index (χ1) is 10.0. The molecule has 6 heteroatoms. The van der Waals surface area contributed by atoms with Crippen LogP contribution in [-0.4, -0.2) is 33.0 Å². The quantitative estimate of drug-likeness (QED) is 0.648. The Morgan fingerprint density at radius 1 is 1.29 bits per heavy atom. The van der Waals surface area contributed by atoms with Crippen molar-refractivity contribution in [3.63, 3.8) is 0 Å². The summed E-state index contributed by atoms with van der Waals surface area (Å²) in [6, 6.07) is 7.12. The van der Waals surface area contributed by atoms with Gasteiger partial charge in [-0.15, -0.1) is 0 Å². The molecule has 21 heavy (non-hydrogen) atoms. The van der Waals surface area contributed by atoms with E-state index in [2.05, 4.69) is 17.0 Å². The van der Waals surface area contributed by atoms with Gasteiger partial charge >= 0.3 is 0 Å². The van der Waals surface area contributed by atoms with Crippen molar-refractivity contribution in [2.75, 3.05) is 18.6 Å². The Balaban J connectivity index is 2.80. The first-order valence-corrected chi connectivity index (χ1v) is 10.2. The summed E-state index contributed by atoms with van der Waals surface area (Å²) in [4.78, 5) is 0.345. The molecule has 0 heterocycles. The molecule has 1 unspecified atom stereocenters. The first kappa shape index (κ1) is 18.5. The lowest BCUT2D eigenvalue weighted by Gasteiger charge is -2.16. The van der Waals surface area contributed by atoms with E-state index in [9.17, 15) is 8.42 Å². The van der Waals surface area contributed by atoms with E-state index in [1.807, 2.05) is 19.2 Å². The van der Waals surface area contributed by atoms with Crippen LogP contribution in [0.3, 0.4) is 0 Å². The maximum absolute atomic E-state index is 12.4. The minimum absolute atomic E-state index is 0.0214. The van der Waals surface area contributed by atoms with E-state index in [1.54, 1.807) is 30.0 Å². The molecule has 120 valence electrons. The van der Waals surface area contributed by atoms with Crippen molar-refractivity contribution >= 4 is 21.8 Å². The van der Waals surface area contributed by atoms with Crippen LogP contribution < -0.4 is 10.0 Å². The Morgan fingerprint density at radius 2 is 2.05 bits per heavy atom. The molecule has 0 aliphatic heterocycles. The number of hydrogen-bond acceptors (Lipinski definition) is 4. The van der Waals surface area contributed by atoms with E-state index < -0.39 is 10.0 Å². The van der Waals surface area contributed by atoms with Gasteiger partial charge in [0, 0.05) is 18.3 Å². The van der Waals surface area contributed by atoms with Crippen LogP contribution in [0.25, 0.3) is 0 Å². The van der Waals surface area contributed by atoms with Crippen LogP contribution in [0.1, 0.15) is 32.3 Å². The molecule has 4 nitrogen and oxygen atoms in total. The molecule has 0 aliphatic rings. The summed E-state index contributed by atoms with van der Waals surface area (Å²) in [7, 11) is -3.44. The molecule has 1 atom stereocenters. The third-order valence-electron chi connectivity index (χ3n) is 3.15. The molecule has 0 spiro atoms. The Morgan fingerprint density at radius 3 is 2.67 bits per heavy atom. The predicted molar refractivity (Wildman–Crippen MR) is 91.2 cm³/mol. The summed E-state index contributed by atoms with van der Waals surface area (Å²) in [5, 5.41) is 3.28. The highest BCUT2D eigenvalue weighted by Crippen LogP contribution is 2.13. The molecule has 2 N–H and O–H groups in total. The summed E-state index contributed by atoms with van der Waals surface area (Å²) < 4.78 is 27.6. The van der Waals surface area contributed by atoms with Gasteiger partial charge in [0.15, 0.2) is 0 Å². The highest BCUT2D eigenvalue weighted by molar-refractivity contribution is 7.98. The van der Waals surface area contributed by atoms with Crippen molar-refractivity contribution in [3.8, 4) is 0 Å². The summed E-state index contributed by atoms with van der Waals surface area (Å²) in [5.41, 5.74) is 0.990. The molecule has 0 aliphatic carbocycles. The first-order valence-electron chi connectivity index (χ1n) is 7.34. The van der Waals surface area contributed by atoms with E-state index >= 15 is 0 Å². The van der Waals surface area contributed by atoms with Gasteiger partial charge in [-0.3, -0.25) is 0 Å². The van der Waals surface area contributed by atoms with Crippen LogP contribution in [0.4, 0.5) is 0 Å². The zero-order valence-corrected chi connectivity index (χ0v) is 14.7. The molecule has 0 bridgehead atoms. The zero-order chi connectivity index (χ0) is 15.7. The van der Waals surface area contributed by atoms with E-state index in [4.69, 9.17) is 0 Å². The number of sulfonamides is 1. The number of rotatable bonds is 10. The van der Waals surface area contributed by atoms with Crippen molar-refractivity contribution in [2.24, 2.45) is 0 Å². The van der Waals surface area contributed by atoms with Crippen LogP contribution in [0.2, 0.25) is 0 Å². The summed E-state index contributed by atoms with van der Waals surface area (Å²) >= 11 is 1.65. The van der Waals surface area contributed by atoms with Gasteiger partial charge in [-0.1, -0.05) is 26.0 Å². The fourth-order valence-corrected chi connectivity index (χ4v) is 4.17. The Labute approximate surface area is 133 Å². The predicted octanol–water partition coefficient (Wildman–Crippen LogP) is 2.61. The SMILES string of the molecule is CCCNCc1cccc(S(=O)(=O)NC(CC)CSC)c1. The Bertz CT molecular complexity index is 518. The number of nitrogens with one attached hydrogen (secondary N) is 2. The summed E-state index contributed by atoms with van der Waals surface area (Å²) in [5.74, 6) is 0.785. The highest BCUT2D eigenvalue weighted by Gasteiger charge is 2.18. The van der Waals surface area contributed by atoms with E-state index in [1.165, 1.54) is 0 Å². The minimum Gasteiger partial charge on any atom is -0.313 e. The van der Waals surface area contributed by atoms with Gasteiger partial charge in [0.2, 0.25) is 10.0 Å². The molecule has 0 amide bonds. The monoisotopic (exact) mass is 330 g/mol. The molecule has 1 aromatic rings. The topological polar surface area (TPSA) is 58.2 Å².